The zero-order chi connectivity index (χ0) is 24.1. The fraction of sp³-hybridized carbons (Fsp3) is 0.200. The number of carbonyl (C=O) groups excluding carboxylic acids is 1. The molecular weight excluding hydrogens is 477 g/mol. The van der Waals surface area contributed by atoms with Crippen LogP contribution >= 0.6 is 0 Å². The third-order valence-corrected chi connectivity index (χ3v) is 5.93. The van der Waals surface area contributed by atoms with Gasteiger partial charge in [0.15, 0.2) is 0 Å². The van der Waals surface area contributed by atoms with Gasteiger partial charge in [-0.15, -0.1) is 0 Å². The number of hydrogen-bond donors (Lipinski definition) is 3. The van der Waals surface area contributed by atoms with Gasteiger partial charge in [-0.1, -0.05) is 36.4 Å². The topological polar surface area (TPSA) is 118 Å². The van der Waals surface area contributed by atoms with Gasteiger partial charge in [-0.3, -0.25) is 9.35 Å². The molecule has 178 valence electrons. The molecule has 0 aliphatic heterocycles. The minimum atomic E-state index is -4.01. The number of pyridine rings is 1. The van der Waals surface area contributed by atoms with E-state index in [-0.39, 0.29) is 60.9 Å². The number of anilines is 3. The van der Waals surface area contributed by atoms with Gasteiger partial charge in [0.25, 0.3) is 10.1 Å². The van der Waals surface area contributed by atoms with Crippen molar-refractivity contribution in [2.24, 2.45) is 0 Å². The van der Waals surface area contributed by atoms with Gasteiger partial charge in [-0.05, 0) is 42.3 Å². The van der Waals surface area contributed by atoms with E-state index in [0.29, 0.717) is 5.69 Å². The van der Waals surface area contributed by atoms with Crippen LogP contribution in [0, 0.1) is 0 Å². The summed E-state index contributed by atoms with van der Waals surface area (Å²) >= 11 is 0. The summed E-state index contributed by atoms with van der Waals surface area (Å²) in [5, 5.41) is 8.25. The summed E-state index contributed by atoms with van der Waals surface area (Å²) in [7, 11) is -4.01. The van der Waals surface area contributed by atoms with Gasteiger partial charge in [-0.25, -0.2) is 4.98 Å². The predicted octanol–water partition coefficient (Wildman–Crippen LogP) is 4.24. The Morgan fingerprint density at radius 2 is 1.57 bits per heavy atom. The van der Waals surface area contributed by atoms with Gasteiger partial charge < -0.3 is 15.4 Å². The molecule has 4 aromatic rings. The number of aromatic nitrogens is 1. The number of ether oxygens (including phenoxy) is 1. The zero-order valence-corrected chi connectivity index (χ0v) is 19.4. The van der Waals surface area contributed by atoms with Gasteiger partial charge in [0.05, 0.1) is 29.1 Å². The number of para-hydroxylation sites is 2. The molecule has 3 aromatic carbocycles. The molecule has 0 unspecified atom stereocenters. The van der Waals surface area contributed by atoms with Crippen LogP contribution in [0.1, 0.15) is 18.9 Å². The van der Waals surface area contributed by atoms with Crippen LogP contribution in [-0.2, 0) is 26.3 Å². The van der Waals surface area contributed by atoms with Crippen molar-refractivity contribution in [3.63, 3.8) is 0 Å². The number of fused-ring (bicyclic) bond motifs is 2. The summed E-state index contributed by atoms with van der Waals surface area (Å²) in [6.07, 6.45) is 0.185. The van der Waals surface area contributed by atoms with Crippen LogP contribution in [0.25, 0.3) is 21.8 Å². The Hall–Kier alpha value is -2.53. The first kappa shape index (κ1) is 27.1. The summed E-state index contributed by atoms with van der Waals surface area (Å²) in [6, 6.07) is 21.3. The van der Waals surface area contributed by atoms with Gasteiger partial charge in [0, 0.05) is 35.7 Å². The molecule has 8 nitrogen and oxygen atoms in total. The van der Waals surface area contributed by atoms with Crippen LogP contribution in [0.2, 0.25) is 0 Å². The average Bonchev–Trinajstić information content (AvgIpc) is 2.77. The third-order valence-electron chi connectivity index (χ3n) is 5.13. The molecule has 35 heavy (non-hydrogen) atoms. The Morgan fingerprint density at radius 1 is 0.971 bits per heavy atom. The molecule has 0 atom stereocenters. The molecule has 0 radical (unpaired) electrons. The Bertz CT molecular complexity index is 1410. The van der Waals surface area contributed by atoms with Crippen molar-refractivity contribution >= 4 is 84.5 Å². The number of rotatable bonds is 9. The van der Waals surface area contributed by atoms with E-state index < -0.39 is 10.1 Å². The maximum absolute atomic E-state index is 11.7. The maximum atomic E-state index is 11.7. The number of nitrogens with zero attached hydrogens (tertiary/aromatic N) is 1. The average molecular weight is 504 g/mol. The molecule has 4 rings (SSSR count). The molecule has 1 amide bonds. The number of amides is 1. The van der Waals surface area contributed by atoms with Crippen LogP contribution in [0.4, 0.5) is 17.1 Å². The Balaban J connectivity index is 0.00000342. The second-order valence-corrected chi connectivity index (χ2v) is 9.51. The van der Waals surface area contributed by atoms with Gasteiger partial charge in [0.2, 0.25) is 5.91 Å². The first-order valence-corrected chi connectivity index (χ1v) is 12.4. The van der Waals surface area contributed by atoms with Crippen molar-refractivity contribution in [3.05, 3.63) is 72.3 Å². The number of benzene rings is 3. The van der Waals surface area contributed by atoms with Crippen LogP contribution in [0.5, 0.6) is 0 Å². The van der Waals surface area contributed by atoms with Crippen LogP contribution < -0.4 is 10.6 Å². The van der Waals surface area contributed by atoms with E-state index >= 15 is 0 Å². The molecule has 10 heteroatoms. The molecule has 3 N–H and O–H groups in total. The summed E-state index contributed by atoms with van der Waals surface area (Å²) in [6.45, 7) is 1.83. The molecule has 0 saturated heterocycles. The molecular formula is C25H26N3NaO5S. The number of nitrogens with one attached hydrogen (secondary N) is 2. The van der Waals surface area contributed by atoms with Crippen LogP contribution in [0.3, 0.4) is 0 Å². The van der Waals surface area contributed by atoms with Crippen molar-refractivity contribution in [2.45, 2.75) is 20.0 Å². The van der Waals surface area contributed by atoms with E-state index in [1.807, 2.05) is 60.7 Å². The van der Waals surface area contributed by atoms with Crippen LogP contribution in [0.15, 0.2) is 66.7 Å². The predicted molar refractivity (Wildman–Crippen MR) is 141 cm³/mol. The molecule has 0 aliphatic carbocycles. The molecule has 0 bridgehead atoms. The molecule has 1 heterocycles. The van der Waals surface area contributed by atoms with E-state index in [4.69, 9.17) is 14.3 Å². The van der Waals surface area contributed by atoms with Crippen molar-refractivity contribution < 1.29 is 22.5 Å². The van der Waals surface area contributed by atoms with Crippen molar-refractivity contribution in [1.29, 1.82) is 0 Å². The number of carbonyl (C=O) groups is 1. The second kappa shape index (κ2) is 11.9. The molecule has 0 spiro atoms. The molecule has 0 aliphatic rings. The Morgan fingerprint density at radius 3 is 2.17 bits per heavy atom. The van der Waals surface area contributed by atoms with E-state index in [2.05, 4.69) is 10.6 Å². The normalized spacial score (nSPS) is 11.3. The fourth-order valence-corrected chi connectivity index (χ4v) is 4.26. The van der Waals surface area contributed by atoms with Crippen molar-refractivity contribution in [1.82, 2.24) is 4.98 Å². The summed E-state index contributed by atoms with van der Waals surface area (Å²) in [4.78, 5) is 16.4. The van der Waals surface area contributed by atoms with Gasteiger partial charge >= 0.3 is 29.6 Å². The van der Waals surface area contributed by atoms with Gasteiger partial charge in [0.1, 0.15) is 0 Å². The first-order valence-electron chi connectivity index (χ1n) is 10.8. The van der Waals surface area contributed by atoms with E-state index in [1.54, 1.807) is 6.07 Å². The van der Waals surface area contributed by atoms with Crippen molar-refractivity contribution in [2.75, 3.05) is 23.0 Å². The Labute approximate surface area is 226 Å². The SMILES string of the molecule is CC(=O)Nc1cc(COCCCS(=O)(=O)O)cc(Nc2c3ccccc3nc3ccccc23)c1.[NaH]. The first-order chi connectivity index (χ1) is 16.3. The molecule has 1 aromatic heterocycles. The molecule has 0 fully saturated rings. The minimum absolute atomic E-state index is 0. The van der Waals surface area contributed by atoms with Gasteiger partial charge in [-0.2, -0.15) is 8.42 Å². The standard InChI is InChI=1S/C25H25N3O5S.Na.H/c1-17(29)26-19-13-18(16-33-11-6-12-34(30,31)32)14-20(15-19)27-25-21-7-2-4-9-23(21)28-24-10-5-3-8-22(24)25;;/h2-5,7-10,13-15H,6,11-12,16H2,1H3,(H,26,29)(H,27,28)(H,30,31,32);;. The third kappa shape index (κ3) is 7.47. The Kier molecular flexibility index (Phi) is 9.23. The quantitative estimate of drug-likeness (QED) is 0.135. The summed E-state index contributed by atoms with van der Waals surface area (Å²) in [5.41, 5.74) is 4.79. The van der Waals surface area contributed by atoms with E-state index in [1.165, 1.54) is 6.92 Å². The van der Waals surface area contributed by atoms with Crippen LogP contribution in [-0.4, -0.2) is 65.8 Å². The fourth-order valence-electron chi connectivity index (χ4n) is 3.78. The monoisotopic (exact) mass is 503 g/mol. The summed E-state index contributed by atoms with van der Waals surface area (Å²) < 4.78 is 36.2. The second-order valence-electron chi connectivity index (χ2n) is 7.94. The van der Waals surface area contributed by atoms with E-state index in [9.17, 15) is 13.2 Å². The van der Waals surface area contributed by atoms with Crippen molar-refractivity contribution in [3.8, 4) is 0 Å². The zero-order valence-electron chi connectivity index (χ0n) is 18.6. The molecule has 0 saturated carbocycles. The van der Waals surface area contributed by atoms with E-state index in [0.717, 1.165) is 38.7 Å². The number of hydrogen-bond acceptors (Lipinski definition) is 6. The summed E-state index contributed by atoms with van der Waals surface area (Å²) in [5.74, 6) is -0.550.